The van der Waals surface area contributed by atoms with Gasteiger partial charge in [0.25, 0.3) is 0 Å². The van der Waals surface area contributed by atoms with Crippen molar-refractivity contribution in [3.8, 4) is 45.0 Å². The largest absolute Gasteiger partial charge is 0.456 e. The van der Waals surface area contributed by atoms with Crippen molar-refractivity contribution in [2.75, 3.05) is 0 Å². The van der Waals surface area contributed by atoms with Gasteiger partial charge in [0.2, 0.25) is 0 Å². The van der Waals surface area contributed by atoms with Crippen molar-refractivity contribution in [2.24, 2.45) is 0 Å². The molecular formula is C34H21BrN2O. The Hall–Kier alpha value is -4.54. The molecule has 0 fully saturated rings. The summed E-state index contributed by atoms with van der Waals surface area (Å²) in [5.41, 5.74) is 8.76. The monoisotopic (exact) mass is 552 g/mol. The van der Waals surface area contributed by atoms with Crippen LogP contribution < -0.4 is 0 Å². The molecule has 180 valence electrons. The summed E-state index contributed by atoms with van der Waals surface area (Å²) in [5, 5.41) is 2.20. The predicted molar refractivity (Wildman–Crippen MR) is 159 cm³/mol. The SMILES string of the molecule is Brc1ccc(-c2cccc(-c3cc(-c4ccccc4)nc(-c4ccc5c(c4)oc4ccccc45)n3)c2)cc1. The summed E-state index contributed by atoms with van der Waals surface area (Å²) >= 11 is 3.53. The van der Waals surface area contributed by atoms with Gasteiger partial charge in [0.05, 0.1) is 11.4 Å². The van der Waals surface area contributed by atoms with E-state index in [1.807, 2.05) is 42.5 Å². The standard InChI is InChI=1S/C34H21BrN2O/c35-27-16-13-22(14-17-27)24-9-6-10-25(19-24)31-21-30(23-7-2-1-3-8-23)36-34(37-31)26-15-18-29-28-11-4-5-12-32(28)38-33(29)20-26/h1-21H. The van der Waals surface area contributed by atoms with E-state index >= 15 is 0 Å². The lowest BCUT2D eigenvalue weighted by Gasteiger charge is -2.11. The van der Waals surface area contributed by atoms with Gasteiger partial charge >= 0.3 is 0 Å². The summed E-state index contributed by atoms with van der Waals surface area (Å²) in [6.45, 7) is 0. The maximum atomic E-state index is 6.16. The summed E-state index contributed by atoms with van der Waals surface area (Å²) in [6.07, 6.45) is 0. The van der Waals surface area contributed by atoms with Crippen molar-refractivity contribution >= 4 is 37.9 Å². The Morgan fingerprint density at radius 3 is 1.95 bits per heavy atom. The third kappa shape index (κ3) is 4.19. The van der Waals surface area contributed by atoms with Crippen LogP contribution in [0.5, 0.6) is 0 Å². The van der Waals surface area contributed by atoms with E-state index in [2.05, 4.69) is 101 Å². The van der Waals surface area contributed by atoms with Crippen LogP contribution >= 0.6 is 15.9 Å². The van der Waals surface area contributed by atoms with Gasteiger partial charge in [0, 0.05) is 31.9 Å². The Bertz CT molecular complexity index is 1920. The van der Waals surface area contributed by atoms with Crippen LogP contribution in [0, 0.1) is 0 Å². The number of aromatic nitrogens is 2. The molecule has 0 spiro atoms. The summed E-state index contributed by atoms with van der Waals surface area (Å²) < 4.78 is 7.22. The minimum atomic E-state index is 0.665. The highest BCUT2D eigenvalue weighted by molar-refractivity contribution is 9.10. The third-order valence-corrected chi connectivity index (χ3v) is 7.30. The molecule has 0 aliphatic rings. The van der Waals surface area contributed by atoms with Crippen LogP contribution in [0.3, 0.4) is 0 Å². The summed E-state index contributed by atoms with van der Waals surface area (Å²) in [7, 11) is 0. The van der Waals surface area contributed by atoms with Gasteiger partial charge in [-0.15, -0.1) is 0 Å². The number of rotatable bonds is 4. The number of halogens is 1. The molecule has 0 aliphatic carbocycles. The average molecular weight is 553 g/mol. The number of hydrogen-bond donors (Lipinski definition) is 0. The Balaban J connectivity index is 1.39. The van der Waals surface area contributed by atoms with Crippen LogP contribution in [0.4, 0.5) is 0 Å². The molecular weight excluding hydrogens is 532 g/mol. The van der Waals surface area contributed by atoms with Gasteiger partial charge in [0.1, 0.15) is 11.2 Å². The lowest BCUT2D eigenvalue weighted by Crippen LogP contribution is -1.96. The molecule has 4 heteroatoms. The highest BCUT2D eigenvalue weighted by Crippen LogP contribution is 2.34. The van der Waals surface area contributed by atoms with Crippen LogP contribution in [0.25, 0.3) is 67.0 Å². The zero-order valence-corrected chi connectivity index (χ0v) is 21.9. The predicted octanol–water partition coefficient (Wildman–Crippen LogP) is 9.81. The maximum Gasteiger partial charge on any atom is 0.160 e. The van der Waals surface area contributed by atoms with E-state index in [4.69, 9.17) is 14.4 Å². The molecule has 38 heavy (non-hydrogen) atoms. The number of nitrogens with zero attached hydrogens (tertiary/aromatic N) is 2. The van der Waals surface area contributed by atoms with E-state index < -0.39 is 0 Å². The van der Waals surface area contributed by atoms with Gasteiger partial charge in [0.15, 0.2) is 5.82 Å². The normalized spacial score (nSPS) is 11.3. The fraction of sp³-hybridized carbons (Fsp3) is 0. The fourth-order valence-corrected chi connectivity index (χ4v) is 5.11. The van der Waals surface area contributed by atoms with Crippen molar-refractivity contribution < 1.29 is 4.42 Å². The topological polar surface area (TPSA) is 38.9 Å². The Morgan fingerprint density at radius 2 is 1.11 bits per heavy atom. The van der Waals surface area contributed by atoms with Gasteiger partial charge in [-0.25, -0.2) is 9.97 Å². The molecule has 0 saturated carbocycles. The van der Waals surface area contributed by atoms with Gasteiger partial charge in [-0.3, -0.25) is 0 Å². The molecule has 0 amide bonds. The molecule has 0 atom stereocenters. The number of fused-ring (bicyclic) bond motifs is 3. The van der Waals surface area contributed by atoms with Crippen LogP contribution in [0.1, 0.15) is 0 Å². The third-order valence-electron chi connectivity index (χ3n) is 6.77. The van der Waals surface area contributed by atoms with Gasteiger partial charge in [-0.1, -0.05) is 101 Å². The lowest BCUT2D eigenvalue weighted by molar-refractivity contribution is 0.669. The minimum Gasteiger partial charge on any atom is -0.456 e. The second-order valence-corrected chi connectivity index (χ2v) is 10.1. The Labute approximate surface area is 228 Å². The Kier molecular flexibility index (Phi) is 5.60. The van der Waals surface area contributed by atoms with Crippen molar-refractivity contribution in [1.82, 2.24) is 9.97 Å². The first kappa shape index (κ1) is 22.6. The zero-order chi connectivity index (χ0) is 25.5. The van der Waals surface area contributed by atoms with Crippen LogP contribution in [0.2, 0.25) is 0 Å². The highest BCUT2D eigenvalue weighted by Gasteiger charge is 2.14. The summed E-state index contributed by atoms with van der Waals surface area (Å²) in [5.74, 6) is 0.665. The van der Waals surface area contributed by atoms with E-state index in [0.717, 1.165) is 65.6 Å². The molecule has 0 bridgehead atoms. The molecule has 0 saturated heterocycles. The van der Waals surface area contributed by atoms with Gasteiger partial charge < -0.3 is 4.42 Å². The number of furan rings is 1. The quantitative estimate of drug-likeness (QED) is 0.218. The van der Waals surface area contributed by atoms with E-state index in [0.29, 0.717) is 5.82 Å². The van der Waals surface area contributed by atoms with E-state index in [-0.39, 0.29) is 0 Å². The van der Waals surface area contributed by atoms with Crippen LogP contribution in [-0.2, 0) is 0 Å². The average Bonchev–Trinajstić information content (AvgIpc) is 3.36. The minimum absolute atomic E-state index is 0.665. The van der Waals surface area contributed by atoms with Crippen molar-refractivity contribution in [2.45, 2.75) is 0 Å². The molecule has 2 heterocycles. The summed E-state index contributed by atoms with van der Waals surface area (Å²) in [6, 6.07) is 43.5. The molecule has 0 unspecified atom stereocenters. The molecule has 7 aromatic rings. The van der Waals surface area contributed by atoms with Crippen molar-refractivity contribution in [3.05, 3.63) is 132 Å². The molecule has 0 N–H and O–H groups in total. The second-order valence-electron chi connectivity index (χ2n) is 9.22. The number of hydrogen-bond acceptors (Lipinski definition) is 3. The highest BCUT2D eigenvalue weighted by atomic mass is 79.9. The van der Waals surface area contributed by atoms with Gasteiger partial charge in [-0.05, 0) is 53.6 Å². The molecule has 3 nitrogen and oxygen atoms in total. The maximum absolute atomic E-state index is 6.16. The van der Waals surface area contributed by atoms with Crippen molar-refractivity contribution in [1.29, 1.82) is 0 Å². The van der Waals surface area contributed by atoms with E-state index in [1.54, 1.807) is 0 Å². The van der Waals surface area contributed by atoms with Gasteiger partial charge in [-0.2, -0.15) is 0 Å². The number of benzene rings is 5. The second kappa shape index (κ2) is 9.40. The fourth-order valence-electron chi connectivity index (χ4n) is 4.85. The first-order valence-corrected chi connectivity index (χ1v) is 13.2. The van der Waals surface area contributed by atoms with E-state index in [9.17, 15) is 0 Å². The number of para-hydroxylation sites is 1. The zero-order valence-electron chi connectivity index (χ0n) is 20.3. The molecule has 5 aromatic carbocycles. The lowest BCUT2D eigenvalue weighted by atomic mass is 10.0. The van der Waals surface area contributed by atoms with Crippen LogP contribution in [-0.4, -0.2) is 9.97 Å². The van der Waals surface area contributed by atoms with Crippen molar-refractivity contribution in [3.63, 3.8) is 0 Å². The van der Waals surface area contributed by atoms with Crippen LogP contribution in [0.15, 0.2) is 136 Å². The molecule has 0 radical (unpaired) electrons. The Morgan fingerprint density at radius 1 is 0.447 bits per heavy atom. The molecule has 7 rings (SSSR count). The molecule has 0 aliphatic heterocycles. The smallest absolute Gasteiger partial charge is 0.160 e. The molecule has 2 aromatic heterocycles. The summed E-state index contributed by atoms with van der Waals surface area (Å²) in [4.78, 5) is 10.0. The first-order chi connectivity index (χ1) is 18.7. The first-order valence-electron chi connectivity index (χ1n) is 12.4. The van der Waals surface area contributed by atoms with E-state index in [1.165, 1.54) is 0 Å².